The number of aliphatic hydroxyl groups excluding tert-OH is 1. The predicted molar refractivity (Wildman–Crippen MR) is 128 cm³/mol. The topological polar surface area (TPSA) is 62.2 Å². The van der Waals surface area contributed by atoms with Gasteiger partial charge in [-0.3, -0.25) is 9.69 Å². The number of carbonyl (C=O) groups excluding carboxylic acids is 1. The first-order chi connectivity index (χ1) is 15.4. The zero-order chi connectivity index (χ0) is 23.1. The van der Waals surface area contributed by atoms with Gasteiger partial charge in [0.2, 0.25) is 5.91 Å². The molecule has 2 atom stereocenters. The fourth-order valence-electron chi connectivity index (χ4n) is 4.00. The number of benzene rings is 1. The van der Waals surface area contributed by atoms with E-state index in [1.54, 1.807) is 11.3 Å². The first-order valence-electron chi connectivity index (χ1n) is 11.4. The Labute approximate surface area is 195 Å². The number of aryl methyl sites for hydroxylation is 1. The van der Waals surface area contributed by atoms with Crippen molar-refractivity contribution in [3.63, 3.8) is 0 Å². The third kappa shape index (κ3) is 6.54. The van der Waals surface area contributed by atoms with E-state index < -0.39 is 6.10 Å². The molecule has 0 fully saturated rings. The molecule has 32 heavy (non-hydrogen) atoms. The molecule has 0 spiro atoms. The summed E-state index contributed by atoms with van der Waals surface area (Å²) in [4.78, 5) is 18.6. The normalized spacial score (nSPS) is 17.0. The zero-order valence-electron chi connectivity index (χ0n) is 19.6. The maximum atomic E-state index is 13.4. The lowest BCUT2D eigenvalue weighted by Crippen LogP contribution is -2.48. The van der Waals surface area contributed by atoms with Gasteiger partial charge in [-0.15, -0.1) is 11.3 Å². The minimum atomic E-state index is -0.616. The lowest BCUT2D eigenvalue weighted by molar-refractivity contribution is -0.136. The van der Waals surface area contributed by atoms with Crippen LogP contribution in [0.2, 0.25) is 0 Å². The minimum Gasteiger partial charge on any atom is -0.491 e. The lowest BCUT2D eigenvalue weighted by atomic mass is 10.0. The molecule has 7 heteroatoms. The number of rotatable bonds is 11. The molecule has 2 heterocycles. The molecule has 0 radical (unpaired) electrons. The molecule has 0 aliphatic carbocycles. The summed E-state index contributed by atoms with van der Waals surface area (Å²) in [6.07, 6.45) is 0.329. The smallest absolute Gasteiger partial charge is 0.237 e. The fourth-order valence-corrected chi connectivity index (χ4v) is 4.93. The Kier molecular flexibility index (Phi) is 9.11. The van der Waals surface area contributed by atoms with E-state index >= 15 is 0 Å². The van der Waals surface area contributed by atoms with Crippen LogP contribution in [0, 0.1) is 6.92 Å². The number of hydrogen-bond donors (Lipinski definition) is 1. The summed E-state index contributed by atoms with van der Waals surface area (Å²) in [7, 11) is 0. The Balaban J connectivity index is 1.66. The molecular weight excluding hydrogens is 424 g/mol. The molecule has 1 amide bonds. The van der Waals surface area contributed by atoms with Gasteiger partial charge in [0.05, 0.1) is 31.4 Å². The van der Waals surface area contributed by atoms with E-state index in [1.807, 2.05) is 61.8 Å². The number of ether oxygens (including phenoxy) is 2. The highest BCUT2D eigenvalue weighted by Crippen LogP contribution is 2.34. The summed E-state index contributed by atoms with van der Waals surface area (Å²) < 4.78 is 11.7. The van der Waals surface area contributed by atoms with Crippen molar-refractivity contribution < 1.29 is 19.4 Å². The molecule has 176 valence electrons. The molecule has 2 aromatic rings. The van der Waals surface area contributed by atoms with E-state index in [9.17, 15) is 9.90 Å². The summed E-state index contributed by atoms with van der Waals surface area (Å²) in [5.74, 6) is 0.921. The third-order valence-corrected chi connectivity index (χ3v) is 6.80. The van der Waals surface area contributed by atoms with E-state index in [4.69, 9.17) is 9.47 Å². The summed E-state index contributed by atoms with van der Waals surface area (Å²) in [6, 6.07) is 9.98. The number of para-hydroxylation sites is 1. The van der Waals surface area contributed by atoms with Crippen LogP contribution in [0.15, 0.2) is 35.7 Å². The van der Waals surface area contributed by atoms with E-state index in [-0.39, 0.29) is 31.2 Å². The Morgan fingerprint density at radius 3 is 2.81 bits per heavy atom. The van der Waals surface area contributed by atoms with Crippen LogP contribution in [-0.4, -0.2) is 72.4 Å². The molecule has 0 unspecified atom stereocenters. The standard InChI is InChI=1S/C25H36N2O4S/c1-5-26(14-20(28)16-30-18(2)3)15-25(29)27-12-10-24-21(11-13-32-24)22(27)17-31-23-9-7-6-8-19(23)4/h6-9,11,13,18,20,22,28H,5,10,12,14-17H2,1-4H3/t20-,22-/m0/s1. The quantitative estimate of drug-likeness (QED) is 0.554. The van der Waals surface area contributed by atoms with Gasteiger partial charge in [0.25, 0.3) is 0 Å². The molecule has 1 aromatic carbocycles. The van der Waals surface area contributed by atoms with Gasteiger partial charge in [-0.2, -0.15) is 0 Å². The molecule has 1 aliphatic rings. The van der Waals surface area contributed by atoms with Crippen molar-refractivity contribution in [2.24, 2.45) is 0 Å². The van der Waals surface area contributed by atoms with Gasteiger partial charge >= 0.3 is 0 Å². The molecule has 3 rings (SSSR count). The molecule has 1 N–H and O–H groups in total. The number of nitrogens with zero attached hydrogens (tertiary/aromatic N) is 2. The van der Waals surface area contributed by atoms with Crippen molar-refractivity contribution in [1.82, 2.24) is 9.80 Å². The van der Waals surface area contributed by atoms with E-state index in [0.717, 1.165) is 17.7 Å². The highest BCUT2D eigenvalue weighted by molar-refractivity contribution is 7.10. The van der Waals surface area contributed by atoms with Crippen LogP contribution in [-0.2, 0) is 16.0 Å². The molecule has 0 bridgehead atoms. The SMILES string of the molecule is CCN(CC(=O)N1CCc2sccc2[C@@H]1COc1ccccc1C)C[C@H](O)COC(C)C. The third-order valence-electron chi connectivity index (χ3n) is 5.80. The van der Waals surface area contributed by atoms with E-state index in [0.29, 0.717) is 26.2 Å². The number of hydrogen-bond acceptors (Lipinski definition) is 6. The van der Waals surface area contributed by atoms with Crippen molar-refractivity contribution in [3.05, 3.63) is 51.7 Å². The van der Waals surface area contributed by atoms with E-state index in [1.165, 1.54) is 10.4 Å². The number of aliphatic hydroxyl groups is 1. The van der Waals surface area contributed by atoms with Gasteiger partial charge in [0.15, 0.2) is 0 Å². The largest absolute Gasteiger partial charge is 0.491 e. The van der Waals surface area contributed by atoms with Crippen LogP contribution in [0.1, 0.15) is 42.8 Å². The van der Waals surface area contributed by atoms with Crippen molar-refractivity contribution in [2.75, 3.05) is 39.4 Å². The Morgan fingerprint density at radius 1 is 1.31 bits per heavy atom. The van der Waals surface area contributed by atoms with Crippen LogP contribution < -0.4 is 4.74 Å². The second-order valence-electron chi connectivity index (χ2n) is 8.59. The number of likely N-dealkylation sites (N-methyl/N-ethyl adjacent to an activating group) is 1. The van der Waals surface area contributed by atoms with Gasteiger partial charge < -0.3 is 19.5 Å². The minimum absolute atomic E-state index is 0.0686. The van der Waals surface area contributed by atoms with Crippen LogP contribution >= 0.6 is 11.3 Å². The van der Waals surface area contributed by atoms with Crippen molar-refractivity contribution in [2.45, 2.75) is 52.4 Å². The molecule has 0 saturated heterocycles. The summed E-state index contributed by atoms with van der Waals surface area (Å²) in [6.45, 7) is 10.7. The van der Waals surface area contributed by atoms with Crippen molar-refractivity contribution in [3.8, 4) is 5.75 Å². The number of amides is 1. The average Bonchev–Trinajstić information content (AvgIpc) is 3.25. The van der Waals surface area contributed by atoms with Crippen LogP contribution in [0.4, 0.5) is 0 Å². The van der Waals surface area contributed by atoms with Gasteiger partial charge in [0, 0.05) is 18.0 Å². The molecular formula is C25H36N2O4S. The second-order valence-corrected chi connectivity index (χ2v) is 9.59. The summed E-state index contributed by atoms with van der Waals surface area (Å²) in [5.41, 5.74) is 2.28. The van der Waals surface area contributed by atoms with Crippen LogP contribution in [0.5, 0.6) is 5.75 Å². The Hall–Kier alpha value is -1.93. The average molecular weight is 461 g/mol. The summed E-state index contributed by atoms with van der Waals surface area (Å²) >= 11 is 1.75. The number of fused-ring (bicyclic) bond motifs is 1. The fraction of sp³-hybridized carbons (Fsp3) is 0.560. The van der Waals surface area contributed by atoms with E-state index in [2.05, 4.69) is 11.4 Å². The maximum absolute atomic E-state index is 13.4. The molecule has 6 nitrogen and oxygen atoms in total. The first kappa shape index (κ1) is 24.7. The lowest BCUT2D eigenvalue weighted by Gasteiger charge is -2.37. The van der Waals surface area contributed by atoms with Crippen molar-refractivity contribution in [1.29, 1.82) is 0 Å². The van der Waals surface area contributed by atoms with Crippen LogP contribution in [0.3, 0.4) is 0 Å². The van der Waals surface area contributed by atoms with Gasteiger partial charge in [0.1, 0.15) is 12.4 Å². The van der Waals surface area contributed by atoms with Crippen molar-refractivity contribution >= 4 is 17.2 Å². The highest BCUT2D eigenvalue weighted by atomic mass is 32.1. The Morgan fingerprint density at radius 2 is 2.09 bits per heavy atom. The molecule has 1 aliphatic heterocycles. The first-order valence-corrected chi connectivity index (χ1v) is 12.3. The second kappa shape index (κ2) is 11.8. The van der Waals surface area contributed by atoms with Gasteiger partial charge in [-0.1, -0.05) is 25.1 Å². The van der Waals surface area contributed by atoms with Gasteiger partial charge in [-0.25, -0.2) is 0 Å². The highest BCUT2D eigenvalue weighted by Gasteiger charge is 2.33. The maximum Gasteiger partial charge on any atom is 0.237 e. The molecule has 1 aromatic heterocycles. The molecule has 0 saturated carbocycles. The Bertz CT molecular complexity index is 869. The zero-order valence-corrected chi connectivity index (χ0v) is 20.4. The number of carbonyl (C=O) groups is 1. The summed E-state index contributed by atoms with van der Waals surface area (Å²) in [5, 5.41) is 12.4. The monoisotopic (exact) mass is 460 g/mol. The van der Waals surface area contributed by atoms with Gasteiger partial charge in [-0.05, 0) is 62.4 Å². The number of thiophene rings is 1. The predicted octanol–water partition coefficient (Wildman–Crippen LogP) is 3.67. The van der Waals surface area contributed by atoms with Crippen LogP contribution in [0.25, 0.3) is 0 Å².